The van der Waals surface area contributed by atoms with E-state index in [0.717, 1.165) is 0 Å². The van der Waals surface area contributed by atoms with Crippen LogP contribution < -0.4 is 0 Å². The maximum atomic E-state index is 2.23. The highest BCUT2D eigenvalue weighted by Gasteiger charge is 1.93. The summed E-state index contributed by atoms with van der Waals surface area (Å²) in [5, 5.41) is 0. The number of benzene rings is 2. The van der Waals surface area contributed by atoms with Gasteiger partial charge in [-0.15, -0.1) is 0 Å². The van der Waals surface area contributed by atoms with Gasteiger partial charge in [0, 0.05) is 14.7 Å². The van der Waals surface area contributed by atoms with E-state index in [4.69, 9.17) is 0 Å². The van der Waals surface area contributed by atoms with Gasteiger partial charge in [0.05, 0.1) is 8.19 Å². The van der Waals surface area contributed by atoms with Crippen LogP contribution in [-0.2, 0) is 0 Å². The predicted molar refractivity (Wildman–Crippen MR) is 91.4 cm³/mol. The Balaban J connectivity index is 0.000000184. The molecule has 0 fully saturated rings. The fourth-order valence-corrected chi connectivity index (χ4v) is 7.17. The fraction of sp³-hybridized carbons (Fsp3) is 0.200. The first-order valence-corrected chi connectivity index (χ1v) is 14.7. The lowest BCUT2D eigenvalue weighted by Crippen LogP contribution is -1.83. The minimum Gasteiger partial charge on any atom is -0.163 e. The predicted octanol–water partition coefficient (Wildman–Crippen LogP) is 2.75. The molecule has 0 radical (unpaired) electrons. The molecule has 96 valence electrons. The van der Waals surface area contributed by atoms with Gasteiger partial charge in [0.25, 0.3) is 0 Å². The molecule has 3 heteroatoms. The molecule has 2 aromatic rings. The van der Waals surface area contributed by atoms with E-state index in [-0.39, 0.29) is 8.19 Å². The number of rotatable bonds is 2. The Morgan fingerprint density at radius 2 is 1.50 bits per heavy atom. The average molecular weight is 291 g/mol. The van der Waals surface area contributed by atoms with Crippen molar-refractivity contribution in [3.63, 3.8) is 0 Å². The summed E-state index contributed by atoms with van der Waals surface area (Å²) in [5.41, 5.74) is 4.12. The van der Waals surface area contributed by atoms with Gasteiger partial charge in [-0.1, -0.05) is 53.6 Å². The maximum absolute atomic E-state index is 2.23. The number of hydrogen-bond donors (Lipinski definition) is 0. The highest BCUT2D eigenvalue weighted by Crippen LogP contribution is 2.18. The molecule has 0 aliphatic rings. The molecule has 0 saturated carbocycles. The summed E-state index contributed by atoms with van der Waals surface area (Å²) in [7, 11) is 1.67. The Morgan fingerprint density at radius 1 is 0.889 bits per heavy atom. The molecule has 0 spiro atoms. The molecule has 0 bridgehead atoms. The van der Waals surface area contributed by atoms with Crippen molar-refractivity contribution in [2.75, 3.05) is 0 Å². The number of hydrogen-bond acceptors (Lipinski definition) is 1. The summed E-state index contributed by atoms with van der Waals surface area (Å²) in [6.07, 6.45) is 0. The van der Waals surface area contributed by atoms with Crippen LogP contribution in [0.1, 0.15) is 16.7 Å². The Hall–Kier alpha value is -0.776. The van der Waals surface area contributed by atoms with Crippen LogP contribution in [0.5, 0.6) is 0 Å². The molecule has 0 aliphatic heterocycles. The first kappa shape index (κ1) is 15.3. The normalized spacial score (nSPS) is 10.4. The highest BCUT2D eigenvalue weighted by molar-refractivity contribution is 8.26. The number of aryl methyl sites for hydroxylation is 3. The van der Waals surface area contributed by atoms with E-state index in [1.54, 1.807) is 0 Å². The standard InChI is InChI=1S/C8H10.C7H12SSi2/c1-7-4-3-5-8(2)6-7;1-6-4-2-3-5-7(6)8-10-9/h3-6H,1-2H3;2-5H,10H2,1,9H3. The SMILES string of the molecule is Cc1cccc(C)c1.Cc1ccccc1S[SiH2][SiH3]. The van der Waals surface area contributed by atoms with Gasteiger partial charge < -0.3 is 0 Å². The van der Waals surface area contributed by atoms with Gasteiger partial charge in [0.15, 0.2) is 0 Å². The van der Waals surface area contributed by atoms with Crippen LogP contribution in [0.3, 0.4) is 0 Å². The fourth-order valence-electron chi connectivity index (χ4n) is 1.68. The Bertz CT molecular complexity index is 466. The molecular formula is C15H22SSi2. The first-order valence-electron chi connectivity index (χ1n) is 6.35. The van der Waals surface area contributed by atoms with Crippen molar-refractivity contribution >= 4 is 29.2 Å². The summed E-state index contributed by atoms with van der Waals surface area (Å²) < 4.78 is 0. The van der Waals surface area contributed by atoms with E-state index in [2.05, 4.69) is 80.5 Å². The second kappa shape index (κ2) is 8.35. The van der Waals surface area contributed by atoms with Crippen molar-refractivity contribution in [1.29, 1.82) is 0 Å². The van der Waals surface area contributed by atoms with E-state index in [0.29, 0.717) is 0 Å². The van der Waals surface area contributed by atoms with Gasteiger partial charge in [-0.3, -0.25) is 0 Å². The van der Waals surface area contributed by atoms with Gasteiger partial charge in [0.1, 0.15) is 0 Å². The molecule has 18 heavy (non-hydrogen) atoms. The molecule has 0 aromatic heterocycles. The van der Waals surface area contributed by atoms with Gasteiger partial charge in [0.2, 0.25) is 0 Å². The van der Waals surface area contributed by atoms with Crippen molar-refractivity contribution in [2.24, 2.45) is 0 Å². The monoisotopic (exact) mass is 290 g/mol. The van der Waals surface area contributed by atoms with Crippen molar-refractivity contribution in [3.05, 3.63) is 65.2 Å². The molecule has 2 rings (SSSR count). The summed E-state index contributed by atoms with van der Waals surface area (Å²) >= 11 is 2.10. The molecular weight excluding hydrogens is 268 g/mol. The second-order valence-corrected chi connectivity index (χ2v) is 13.5. The Kier molecular flexibility index (Phi) is 7.09. The summed E-state index contributed by atoms with van der Waals surface area (Å²) in [6, 6.07) is 17.1. The van der Waals surface area contributed by atoms with Crippen LogP contribution in [0.25, 0.3) is 0 Å². The lowest BCUT2D eigenvalue weighted by Gasteiger charge is -2.00. The van der Waals surface area contributed by atoms with Gasteiger partial charge in [-0.05, 0) is 32.4 Å². The molecule has 0 heterocycles. The summed E-state index contributed by atoms with van der Waals surface area (Å²) in [6.45, 7) is 6.40. The molecule has 0 saturated heterocycles. The molecule has 0 unspecified atom stereocenters. The average Bonchev–Trinajstić information content (AvgIpc) is 2.33. The van der Waals surface area contributed by atoms with Crippen LogP contribution in [0.4, 0.5) is 0 Å². The second-order valence-electron chi connectivity index (χ2n) is 4.36. The van der Waals surface area contributed by atoms with Crippen molar-refractivity contribution in [2.45, 2.75) is 25.7 Å². The molecule has 0 amide bonds. The van der Waals surface area contributed by atoms with Crippen molar-refractivity contribution in [1.82, 2.24) is 0 Å². The van der Waals surface area contributed by atoms with E-state index >= 15 is 0 Å². The van der Waals surface area contributed by atoms with Gasteiger partial charge in [-0.2, -0.15) is 11.2 Å². The molecule has 2 aromatic carbocycles. The van der Waals surface area contributed by atoms with Crippen LogP contribution in [-0.4, -0.2) is 17.9 Å². The molecule has 0 nitrogen and oxygen atoms in total. The van der Waals surface area contributed by atoms with Crippen LogP contribution in [0, 0.1) is 20.8 Å². The van der Waals surface area contributed by atoms with Crippen molar-refractivity contribution < 1.29 is 0 Å². The van der Waals surface area contributed by atoms with Crippen LogP contribution in [0.2, 0.25) is 0 Å². The minimum atomic E-state index is 0.250. The van der Waals surface area contributed by atoms with Gasteiger partial charge in [-0.25, -0.2) is 0 Å². The van der Waals surface area contributed by atoms with E-state index in [1.165, 1.54) is 31.3 Å². The van der Waals surface area contributed by atoms with E-state index < -0.39 is 0 Å². The lowest BCUT2D eigenvalue weighted by molar-refractivity contribution is 1.31. The molecule has 0 N–H and O–H groups in total. The molecule has 0 aliphatic carbocycles. The third-order valence-corrected chi connectivity index (χ3v) is 8.02. The largest absolute Gasteiger partial charge is 0.163 e. The highest BCUT2D eigenvalue weighted by atomic mass is 32.4. The quantitative estimate of drug-likeness (QED) is 0.767. The zero-order valence-corrected chi connectivity index (χ0v) is 16.0. The topological polar surface area (TPSA) is 0 Å². The summed E-state index contributed by atoms with van der Waals surface area (Å²) in [4.78, 5) is 1.50. The smallest absolute Gasteiger partial charge is 0.0740 e. The van der Waals surface area contributed by atoms with E-state index in [9.17, 15) is 0 Å². The first-order chi connectivity index (χ1) is 8.63. The zero-order valence-electron chi connectivity index (χ0n) is 11.7. The van der Waals surface area contributed by atoms with Crippen LogP contribution in [0.15, 0.2) is 53.4 Å². The minimum absolute atomic E-state index is 0.250. The third kappa shape index (κ3) is 5.71. The maximum Gasteiger partial charge on any atom is 0.0740 e. The van der Waals surface area contributed by atoms with Crippen molar-refractivity contribution in [3.8, 4) is 0 Å². The third-order valence-electron chi connectivity index (χ3n) is 2.57. The van der Waals surface area contributed by atoms with Gasteiger partial charge >= 0.3 is 0 Å². The summed E-state index contributed by atoms with van der Waals surface area (Å²) in [5.74, 6) is 0. The lowest BCUT2D eigenvalue weighted by atomic mass is 10.2. The van der Waals surface area contributed by atoms with E-state index in [1.807, 2.05) is 0 Å². The zero-order chi connectivity index (χ0) is 13.4. The Morgan fingerprint density at radius 3 is 1.94 bits per heavy atom. The van der Waals surface area contributed by atoms with Crippen LogP contribution >= 0.6 is 11.2 Å². The Labute approximate surface area is 120 Å². The molecule has 0 atom stereocenters.